The molecule has 6 rings (SSSR count). The van der Waals surface area contributed by atoms with Crippen LogP contribution in [0, 0.1) is 24.7 Å². The maximum absolute atomic E-state index is 10.0. The number of unbranched alkanes of at least 4 members (excludes halogenated alkanes) is 15. The monoisotopic (exact) mass is 917 g/mol. The Bertz CT molecular complexity index is 1750. The first-order chi connectivity index (χ1) is 32.0. The minimum atomic E-state index is -0.974. The number of pyridine rings is 1. The van der Waals surface area contributed by atoms with Crippen LogP contribution < -0.4 is 9.47 Å². The van der Waals surface area contributed by atoms with E-state index in [9.17, 15) is 10.2 Å². The Morgan fingerprint density at radius 2 is 1.60 bits per heavy atom. The summed E-state index contributed by atoms with van der Waals surface area (Å²) in [6, 6.07) is 12.4. The Labute approximate surface area is 396 Å². The molecule has 1 saturated heterocycles. The molecular formula is C55H84N2O7S. The maximum Gasteiger partial charge on any atom is 0.230 e. The summed E-state index contributed by atoms with van der Waals surface area (Å²) in [7, 11) is 0. The van der Waals surface area contributed by atoms with Gasteiger partial charge in [-0.05, 0) is 105 Å². The normalized spacial score (nSPS) is 25.4. The first kappa shape index (κ1) is 51.5. The van der Waals surface area contributed by atoms with E-state index in [1.165, 1.54) is 83.5 Å². The molecule has 2 aromatic rings. The summed E-state index contributed by atoms with van der Waals surface area (Å²) in [5.41, 5.74) is 5.10. The standard InChI is InChI=1S/C55H84N2O7S/c1-4-6-7-8-9-10-11-12-13-14-15-16-17-24-37-65-51-40-49(57-64-52-30-20-23-36-60-52)47-38-43(27-18-21-33-58)46(29-19-22-34-59)53-48-39-45(61-41-44-28-25-26-42(3)56-44)31-32-50(48)63-55(51,54(47)53)62-35-5-2/h5,25-26,28,31-32,38-39,43,46,51-54,58-59H,2,4,6-24,27,29-30,33-37,40-41H2,1,3H3/t43-,46+,51-,52?,53+,54+,55+/m0/s1. The highest BCUT2D eigenvalue weighted by Gasteiger charge is 2.64. The van der Waals surface area contributed by atoms with E-state index in [-0.39, 0.29) is 48.4 Å². The largest absolute Gasteiger partial charge is 0.487 e. The van der Waals surface area contributed by atoms with Crippen LogP contribution in [0.2, 0.25) is 0 Å². The number of hydrogen-bond donors (Lipinski definition) is 2. The number of aliphatic hydroxyl groups excluding tert-OH is 2. The van der Waals surface area contributed by atoms with Crippen molar-refractivity contribution in [3.05, 3.63) is 77.7 Å². The molecule has 9 nitrogen and oxygen atoms in total. The molecule has 0 spiro atoms. The SMILES string of the molecule is C=CCO[C@@]12Oc3ccc(OCc4cccc(C)n4)cc3[C@H]3[C@H](CCCCO)[C@@H](CCCCO)C=C(C(=NOC4CCCCO4)C[C@@H]1SCCCCCCCCCCCCCCCC)[C@H]32. The molecule has 0 radical (unpaired) electrons. The zero-order chi connectivity index (χ0) is 45.5. The van der Waals surface area contributed by atoms with Crippen molar-refractivity contribution in [1.82, 2.24) is 4.98 Å². The molecule has 1 saturated carbocycles. The molecule has 362 valence electrons. The number of aromatic nitrogens is 1. The number of fused-ring (bicyclic) bond motifs is 2. The van der Waals surface area contributed by atoms with E-state index in [4.69, 9.17) is 33.9 Å². The molecular weight excluding hydrogens is 833 g/mol. The molecule has 2 fully saturated rings. The fourth-order valence-electron chi connectivity index (χ4n) is 10.8. The lowest BCUT2D eigenvalue weighted by Gasteiger charge is -2.58. The third-order valence-corrected chi connectivity index (χ3v) is 15.6. The van der Waals surface area contributed by atoms with Gasteiger partial charge in [0, 0.05) is 43.2 Å². The molecule has 65 heavy (non-hydrogen) atoms. The van der Waals surface area contributed by atoms with Crippen molar-refractivity contribution in [2.75, 3.05) is 32.2 Å². The van der Waals surface area contributed by atoms with Crippen LogP contribution in [0.25, 0.3) is 0 Å². The van der Waals surface area contributed by atoms with E-state index in [1.54, 1.807) is 0 Å². The molecule has 10 heteroatoms. The maximum atomic E-state index is 10.0. The number of nitrogens with zero attached hydrogens (tertiary/aromatic N) is 2. The summed E-state index contributed by atoms with van der Waals surface area (Å²) in [5.74, 6) is 1.95. The molecule has 1 unspecified atom stereocenters. The van der Waals surface area contributed by atoms with Gasteiger partial charge in [-0.3, -0.25) is 4.98 Å². The van der Waals surface area contributed by atoms with Crippen molar-refractivity contribution in [2.45, 2.75) is 198 Å². The van der Waals surface area contributed by atoms with Crippen LogP contribution in [0.3, 0.4) is 0 Å². The van der Waals surface area contributed by atoms with E-state index >= 15 is 0 Å². The van der Waals surface area contributed by atoms with E-state index < -0.39 is 5.79 Å². The van der Waals surface area contributed by atoms with E-state index in [0.29, 0.717) is 26.2 Å². The molecule has 2 aliphatic carbocycles. The van der Waals surface area contributed by atoms with Gasteiger partial charge in [-0.15, -0.1) is 6.58 Å². The minimum Gasteiger partial charge on any atom is -0.487 e. The van der Waals surface area contributed by atoms with Crippen LogP contribution in [-0.2, 0) is 20.9 Å². The molecule has 2 aliphatic heterocycles. The van der Waals surface area contributed by atoms with Gasteiger partial charge in [0.2, 0.25) is 12.1 Å². The zero-order valence-corrected chi connectivity index (χ0v) is 41.1. The average molecular weight is 917 g/mol. The average Bonchev–Trinajstić information content (AvgIpc) is 3.32. The molecule has 1 aromatic heterocycles. The highest BCUT2D eigenvalue weighted by Crippen LogP contribution is 2.62. The molecule has 3 heterocycles. The van der Waals surface area contributed by atoms with Crippen molar-refractivity contribution >= 4 is 17.5 Å². The molecule has 7 atom stereocenters. The lowest BCUT2D eigenvalue weighted by Crippen LogP contribution is -2.64. The first-order valence-electron chi connectivity index (χ1n) is 26.0. The Morgan fingerprint density at radius 1 is 0.877 bits per heavy atom. The second-order valence-corrected chi connectivity index (χ2v) is 20.5. The second-order valence-electron chi connectivity index (χ2n) is 19.2. The molecule has 2 N–H and O–H groups in total. The molecule has 1 aromatic carbocycles. The van der Waals surface area contributed by atoms with Crippen molar-refractivity contribution in [3.8, 4) is 11.5 Å². The predicted molar refractivity (Wildman–Crippen MR) is 266 cm³/mol. The third kappa shape index (κ3) is 15.1. The van der Waals surface area contributed by atoms with Gasteiger partial charge in [-0.1, -0.05) is 127 Å². The highest BCUT2D eigenvalue weighted by atomic mass is 32.2. The first-order valence-corrected chi connectivity index (χ1v) is 27.1. The molecule has 0 bridgehead atoms. The number of thioether (sulfide) groups is 1. The van der Waals surface area contributed by atoms with E-state index in [0.717, 1.165) is 110 Å². The summed E-state index contributed by atoms with van der Waals surface area (Å²) in [6.07, 6.45) is 31.6. The van der Waals surface area contributed by atoms with E-state index in [1.807, 2.05) is 49.0 Å². The molecule has 0 amide bonds. The minimum absolute atomic E-state index is 0.0163. The number of ether oxygens (including phenoxy) is 4. The lowest BCUT2D eigenvalue weighted by molar-refractivity contribution is -0.223. The summed E-state index contributed by atoms with van der Waals surface area (Å²) in [5, 5.41) is 24.9. The smallest absolute Gasteiger partial charge is 0.230 e. The summed E-state index contributed by atoms with van der Waals surface area (Å²) in [4.78, 5) is 11.0. The van der Waals surface area contributed by atoms with Crippen molar-refractivity contribution < 1.29 is 34.0 Å². The van der Waals surface area contributed by atoms with Crippen LogP contribution in [0.4, 0.5) is 0 Å². The Morgan fingerprint density at radius 3 is 2.28 bits per heavy atom. The summed E-state index contributed by atoms with van der Waals surface area (Å²) >= 11 is 1.97. The highest BCUT2D eigenvalue weighted by molar-refractivity contribution is 8.00. The van der Waals surface area contributed by atoms with Crippen LogP contribution in [0.15, 0.2) is 65.9 Å². The summed E-state index contributed by atoms with van der Waals surface area (Å²) < 4.78 is 27.2. The second kappa shape index (κ2) is 28.4. The van der Waals surface area contributed by atoms with Crippen LogP contribution >= 0.6 is 11.8 Å². The van der Waals surface area contributed by atoms with Crippen molar-refractivity contribution in [2.24, 2.45) is 22.9 Å². The zero-order valence-electron chi connectivity index (χ0n) is 40.2. The van der Waals surface area contributed by atoms with Gasteiger partial charge >= 0.3 is 0 Å². The Balaban J connectivity index is 1.27. The van der Waals surface area contributed by atoms with Gasteiger partial charge in [0.1, 0.15) is 18.1 Å². The fraction of sp³-hybridized carbons (Fsp3) is 0.709. The predicted octanol–water partition coefficient (Wildman–Crippen LogP) is 13.3. The van der Waals surface area contributed by atoms with Gasteiger partial charge in [0.05, 0.1) is 35.8 Å². The van der Waals surface area contributed by atoms with Gasteiger partial charge in [-0.2, -0.15) is 11.8 Å². The van der Waals surface area contributed by atoms with Crippen molar-refractivity contribution in [3.63, 3.8) is 0 Å². The Kier molecular flexibility index (Phi) is 22.5. The van der Waals surface area contributed by atoms with Crippen LogP contribution in [-0.4, -0.2) is 70.4 Å². The van der Waals surface area contributed by atoms with E-state index in [2.05, 4.69) is 31.7 Å². The number of aliphatic hydroxyl groups is 2. The number of benzene rings is 1. The van der Waals surface area contributed by atoms with Crippen molar-refractivity contribution in [1.29, 1.82) is 0 Å². The third-order valence-electron chi connectivity index (χ3n) is 14.2. The quantitative estimate of drug-likeness (QED) is 0.0421. The number of hydrogen-bond acceptors (Lipinski definition) is 10. The summed E-state index contributed by atoms with van der Waals surface area (Å²) in [6.45, 7) is 10.2. The fourth-order valence-corrected chi connectivity index (χ4v) is 12.3. The Hall–Kier alpha value is -2.89. The van der Waals surface area contributed by atoms with Gasteiger partial charge in [0.15, 0.2) is 0 Å². The van der Waals surface area contributed by atoms with Crippen LogP contribution in [0.5, 0.6) is 11.5 Å². The van der Waals surface area contributed by atoms with Gasteiger partial charge in [0.25, 0.3) is 0 Å². The van der Waals surface area contributed by atoms with Gasteiger partial charge < -0.3 is 34.0 Å². The number of oxime groups is 1. The molecule has 4 aliphatic rings. The van der Waals surface area contributed by atoms with Crippen LogP contribution in [0.1, 0.15) is 184 Å². The van der Waals surface area contributed by atoms with Gasteiger partial charge in [-0.25, -0.2) is 0 Å². The number of allylic oxidation sites excluding steroid dienone is 1. The lowest BCUT2D eigenvalue weighted by atomic mass is 9.56. The number of rotatable bonds is 32. The topological polar surface area (TPSA) is 112 Å². The number of aryl methyl sites for hydroxylation is 1.